The molecule has 0 aliphatic heterocycles. The van der Waals surface area contributed by atoms with Crippen molar-refractivity contribution in [1.29, 1.82) is 0 Å². The second kappa shape index (κ2) is 5.48. The Kier molecular flexibility index (Phi) is 3.75. The van der Waals surface area contributed by atoms with E-state index in [0.29, 0.717) is 11.6 Å². The van der Waals surface area contributed by atoms with E-state index < -0.39 is 5.97 Å². The van der Waals surface area contributed by atoms with E-state index >= 15 is 0 Å². The molecule has 0 amide bonds. The Morgan fingerprint density at radius 2 is 2.11 bits per heavy atom. The van der Waals surface area contributed by atoms with Crippen LogP contribution in [0.25, 0.3) is 0 Å². The molecule has 19 heavy (non-hydrogen) atoms. The summed E-state index contributed by atoms with van der Waals surface area (Å²) in [5.41, 5.74) is 1.07. The molecule has 0 spiro atoms. The van der Waals surface area contributed by atoms with Gasteiger partial charge in [0.1, 0.15) is 11.6 Å². The Morgan fingerprint density at radius 3 is 2.79 bits per heavy atom. The molecule has 0 saturated heterocycles. The van der Waals surface area contributed by atoms with E-state index in [4.69, 9.17) is 9.84 Å². The molecule has 2 rings (SSSR count). The van der Waals surface area contributed by atoms with Gasteiger partial charge in [-0.05, 0) is 31.0 Å². The lowest BCUT2D eigenvalue weighted by Gasteiger charge is -2.07. The molecular formula is C14H14N2O3. The minimum atomic E-state index is -1.10. The van der Waals surface area contributed by atoms with Crippen LogP contribution < -0.4 is 4.74 Å². The van der Waals surface area contributed by atoms with Crippen molar-refractivity contribution >= 4 is 5.97 Å². The van der Waals surface area contributed by atoms with E-state index in [2.05, 4.69) is 16.9 Å². The number of nitrogens with zero attached hydrogens (tertiary/aromatic N) is 2. The number of hydrogen-bond acceptors (Lipinski definition) is 4. The highest BCUT2D eigenvalue weighted by molar-refractivity contribution is 5.85. The van der Waals surface area contributed by atoms with Crippen LogP contribution in [0.2, 0.25) is 0 Å². The molecular weight excluding hydrogens is 244 g/mol. The Morgan fingerprint density at radius 1 is 1.32 bits per heavy atom. The van der Waals surface area contributed by atoms with Gasteiger partial charge in [0.25, 0.3) is 0 Å². The minimum absolute atomic E-state index is 0.0749. The third-order valence-electron chi connectivity index (χ3n) is 2.56. The van der Waals surface area contributed by atoms with Crippen LogP contribution in [-0.4, -0.2) is 21.0 Å². The highest BCUT2D eigenvalue weighted by atomic mass is 16.5. The van der Waals surface area contributed by atoms with E-state index in [-0.39, 0.29) is 11.6 Å². The number of aryl methyl sites for hydroxylation is 2. The normalized spacial score (nSPS) is 10.2. The van der Waals surface area contributed by atoms with Crippen molar-refractivity contribution in [3.63, 3.8) is 0 Å². The number of aromatic nitrogens is 2. The predicted octanol–water partition coefficient (Wildman–Crippen LogP) is 2.84. The summed E-state index contributed by atoms with van der Waals surface area (Å²) in [5, 5.41) is 8.94. The molecule has 1 aromatic carbocycles. The Hall–Kier alpha value is -2.43. The van der Waals surface area contributed by atoms with Crippen LogP contribution in [0.15, 0.2) is 30.3 Å². The van der Waals surface area contributed by atoms with Gasteiger partial charge in [-0.2, -0.15) is 4.98 Å². The fourth-order valence-electron chi connectivity index (χ4n) is 1.65. The Balaban J connectivity index is 2.29. The second-order valence-electron chi connectivity index (χ2n) is 4.05. The number of aromatic carboxylic acids is 1. The first-order valence-electron chi connectivity index (χ1n) is 5.94. The molecule has 98 valence electrons. The number of ether oxygens (including phenoxy) is 1. The van der Waals surface area contributed by atoms with E-state index in [1.54, 1.807) is 13.0 Å². The molecule has 1 aromatic heterocycles. The first-order chi connectivity index (χ1) is 9.08. The smallest absolute Gasteiger partial charge is 0.354 e. The van der Waals surface area contributed by atoms with Crippen LogP contribution in [0.3, 0.4) is 0 Å². The van der Waals surface area contributed by atoms with Crippen molar-refractivity contribution in [3.05, 3.63) is 47.4 Å². The highest BCUT2D eigenvalue weighted by Gasteiger charge is 2.10. The molecule has 0 aliphatic carbocycles. The fourth-order valence-corrected chi connectivity index (χ4v) is 1.65. The summed E-state index contributed by atoms with van der Waals surface area (Å²) >= 11 is 0. The SMILES string of the molecule is CCc1cccc(Oc2cc(C(=O)O)nc(C)n2)c1. The molecule has 5 heteroatoms. The molecule has 2 aromatic rings. The van der Waals surface area contributed by atoms with Crippen LogP contribution >= 0.6 is 0 Å². The van der Waals surface area contributed by atoms with Gasteiger partial charge in [-0.3, -0.25) is 0 Å². The van der Waals surface area contributed by atoms with Crippen molar-refractivity contribution in [2.24, 2.45) is 0 Å². The quantitative estimate of drug-likeness (QED) is 0.912. The number of rotatable bonds is 4. The third-order valence-corrected chi connectivity index (χ3v) is 2.56. The Bertz CT molecular complexity index is 611. The second-order valence-corrected chi connectivity index (χ2v) is 4.05. The number of carbonyl (C=O) groups is 1. The van der Waals surface area contributed by atoms with Crippen LogP contribution in [0.1, 0.15) is 28.8 Å². The molecule has 0 bridgehead atoms. The summed E-state index contributed by atoms with van der Waals surface area (Å²) in [6.45, 7) is 3.68. The van der Waals surface area contributed by atoms with E-state index in [1.807, 2.05) is 18.2 Å². The lowest BCUT2D eigenvalue weighted by Crippen LogP contribution is -2.04. The molecule has 0 aliphatic rings. The summed E-state index contributed by atoms with van der Waals surface area (Å²) in [7, 11) is 0. The lowest BCUT2D eigenvalue weighted by atomic mass is 10.2. The maximum Gasteiger partial charge on any atom is 0.354 e. The first-order valence-corrected chi connectivity index (χ1v) is 5.94. The van der Waals surface area contributed by atoms with Crippen LogP contribution in [-0.2, 0) is 6.42 Å². The van der Waals surface area contributed by atoms with Crippen molar-refractivity contribution in [2.45, 2.75) is 20.3 Å². The molecule has 1 N–H and O–H groups in total. The number of hydrogen-bond donors (Lipinski definition) is 1. The number of carboxylic acid groups (broad SMARTS) is 1. The summed E-state index contributed by atoms with van der Waals surface area (Å²) in [5.74, 6) is 0.131. The standard InChI is InChI=1S/C14H14N2O3/c1-3-10-5-4-6-11(7-10)19-13-8-12(14(17)18)15-9(2)16-13/h4-8H,3H2,1-2H3,(H,17,18). The maximum atomic E-state index is 10.9. The van der Waals surface area contributed by atoms with Gasteiger partial charge in [0.2, 0.25) is 5.88 Å². The summed E-state index contributed by atoms with van der Waals surface area (Å²) in [6.07, 6.45) is 0.903. The van der Waals surface area contributed by atoms with Gasteiger partial charge in [0.15, 0.2) is 5.69 Å². The highest BCUT2D eigenvalue weighted by Crippen LogP contribution is 2.21. The average Bonchev–Trinajstić information content (AvgIpc) is 2.38. The predicted molar refractivity (Wildman–Crippen MR) is 69.6 cm³/mol. The number of carboxylic acids is 1. The molecule has 0 fully saturated rings. The fraction of sp³-hybridized carbons (Fsp3) is 0.214. The minimum Gasteiger partial charge on any atom is -0.477 e. The van der Waals surface area contributed by atoms with Gasteiger partial charge < -0.3 is 9.84 Å². The Labute approximate surface area is 110 Å². The summed E-state index contributed by atoms with van der Waals surface area (Å²) in [4.78, 5) is 18.8. The largest absolute Gasteiger partial charge is 0.477 e. The molecule has 0 unspecified atom stereocenters. The van der Waals surface area contributed by atoms with Crippen LogP contribution in [0.4, 0.5) is 0 Å². The summed E-state index contributed by atoms with van der Waals surface area (Å²) < 4.78 is 5.58. The van der Waals surface area contributed by atoms with Crippen molar-refractivity contribution in [1.82, 2.24) is 9.97 Å². The van der Waals surface area contributed by atoms with Gasteiger partial charge in [0.05, 0.1) is 0 Å². The molecule has 0 atom stereocenters. The zero-order valence-electron chi connectivity index (χ0n) is 10.8. The molecule has 0 radical (unpaired) electrons. The maximum absolute atomic E-state index is 10.9. The topological polar surface area (TPSA) is 72.3 Å². The average molecular weight is 258 g/mol. The third kappa shape index (κ3) is 3.28. The summed E-state index contributed by atoms with van der Waals surface area (Å²) in [6, 6.07) is 8.91. The van der Waals surface area contributed by atoms with Crippen LogP contribution in [0, 0.1) is 6.92 Å². The monoisotopic (exact) mass is 258 g/mol. The van der Waals surface area contributed by atoms with E-state index in [0.717, 1.165) is 12.0 Å². The van der Waals surface area contributed by atoms with Gasteiger partial charge in [-0.25, -0.2) is 9.78 Å². The van der Waals surface area contributed by atoms with Gasteiger partial charge in [0, 0.05) is 6.07 Å². The molecule has 1 heterocycles. The number of benzene rings is 1. The zero-order chi connectivity index (χ0) is 13.8. The van der Waals surface area contributed by atoms with E-state index in [1.165, 1.54) is 6.07 Å². The van der Waals surface area contributed by atoms with Crippen molar-refractivity contribution < 1.29 is 14.6 Å². The van der Waals surface area contributed by atoms with Gasteiger partial charge >= 0.3 is 5.97 Å². The van der Waals surface area contributed by atoms with Crippen molar-refractivity contribution in [3.8, 4) is 11.6 Å². The van der Waals surface area contributed by atoms with Crippen molar-refractivity contribution in [2.75, 3.05) is 0 Å². The van der Waals surface area contributed by atoms with Gasteiger partial charge in [-0.1, -0.05) is 19.1 Å². The lowest BCUT2D eigenvalue weighted by molar-refractivity contribution is 0.0689. The first kappa shape index (κ1) is 13.0. The van der Waals surface area contributed by atoms with E-state index in [9.17, 15) is 4.79 Å². The zero-order valence-corrected chi connectivity index (χ0v) is 10.8. The molecule has 5 nitrogen and oxygen atoms in total. The molecule has 0 saturated carbocycles. The van der Waals surface area contributed by atoms with Crippen LogP contribution in [0.5, 0.6) is 11.6 Å². The van der Waals surface area contributed by atoms with Gasteiger partial charge in [-0.15, -0.1) is 0 Å².